The van der Waals surface area contributed by atoms with Gasteiger partial charge >= 0.3 is 5.97 Å². The zero-order valence-corrected chi connectivity index (χ0v) is 10.0. The highest BCUT2D eigenvalue weighted by atomic mass is 16.6. The molecule has 3 N–H and O–H groups in total. The predicted octanol–water partition coefficient (Wildman–Crippen LogP) is -1.63. The number of methoxy groups -OCH3 is 1. The van der Waals surface area contributed by atoms with Crippen molar-refractivity contribution in [3.63, 3.8) is 0 Å². The molecule has 1 aliphatic rings. The van der Waals surface area contributed by atoms with Crippen molar-refractivity contribution in [1.82, 2.24) is 0 Å². The lowest BCUT2D eigenvalue weighted by molar-refractivity contribution is -0.765. The lowest BCUT2D eigenvalue weighted by Crippen LogP contribution is -2.46. The van der Waals surface area contributed by atoms with Gasteiger partial charge in [0.1, 0.15) is 20.5 Å². The third-order valence-corrected chi connectivity index (χ3v) is 2.76. The van der Waals surface area contributed by atoms with Crippen LogP contribution in [0.2, 0.25) is 0 Å². The zero-order chi connectivity index (χ0) is 17.5. The maximum Gasteiger partial charge on any atom is 0.343 e. The molecule has 0 spiro atoms. The summed E-state index contributed by atoms with van der Waals surface area (Å²) < 4.78 is 41.7. The van der Waals surface area contributed by atoms with Crippen LogP contribution in [0.1, 0.15) is 22.1 Å². The Balaban J connectivity index is 2.64. The van der Waals surface area contributed by atoms with E-state index in [0.29, 0.717) is 4.57 Å². The zero-order valence-electron chi connectivity index (χ0n) is 14.0. The van der Waals surface area contributed by atoms with Gasteiger partial charge in [-0.2, -0.15) is 4.57 Å². The molecule has 104 valence electrons. The molecule has 1 fully saturated rings. The van der Waals surface area contributed by atoms with E-state index in [4.69, 9.17) is 15.3 Å². The van der Waals surface area contributed by atoms with E-state index in [2.05, 4.69) is 4.74 Å². The van der Waals surface area contributed by atoms with Crippen molar-refractivity contribution in [3.05, 3.63) is 30.0 Å². The number of carbonyl (C=O) groups excluding carboxylic acids is 1. The summed E-state index contributed by atoms with van der Waals surface area (Å²) in [6.07, 6.45) is -6.99. The van der Waals surface area contributed by atoms with Crippen LogP contribution in [0.4, 0.5) is 0 Å². The average Bonchev–Trinajstić information content (AvgIpc) is 2.81. The lowest BCUT2D eigenvalue weighted by Gasteiger charge is -2.10. The van der Waals surface area contributed by atoms with E-state index >= 15 is 0 Å². The first-order chi connectivity index (χ1) is 10.8. The summed E-state index contributed by atoms with van der Waals surface area (Å²) in [5.41, 5.74) is -0.564. The number of hydrogen-bond acceptors (Lipinski definition) is 6. The molecular formula is C12H16NO6+. The summed E-state index contributed by atoms with van der Waals surface area (Å²) in [5, 5.41) is 28.9. The van der Waals surface area contributed by atoms with Crippen molar-refractivity contribution in [1.29, 1.82) is 0 Å². The van der Waals surface area contributed by atoms with Crippen LogP contribution >= 0.6 is 0 Å². The number of aliphatic hydroxyl groups is 3. The van der Waals surface area contributed by atoms with Gasteiger partial charge in [0.25, 0.3) is 6.23 Å². The Morgan fingerprint density at radius 1 is 1.58 bits per heavy atom. The molecule has 1 aliphatic heterocycles. The van der Waals surface area contributed by atoms with Crippen molar-refractivity contribution in [3.8, 4) is 0 Å². The fourth-order valence-corrected chi connectivity index (χ4v) is 1.75. The van der Waals surface area contributed by atoms with Crippen LogP contribution in [-0.4, -0.2) is 53.3 Å². The van der Waals surface area contributed by atoms with Crippen molar-refractivity contribution < 1.29 is 39.6 Å². The van der Waals surface area contributed by atoms with E-state index in [0.717, 1.165) is 7.11 Å². The molecule has 1 aromatic rings. The molecule has 0 aromatic carbocycles. The van der Waals surface area contributed by atoms with Gasteiger partial charge in [0.2, 0.25) is 0 Å². The molecule has 7 nitrogen and oxygen atoms in total. The van der Waals surface area contributed by atoms with Gasteiger partial charge in [-0.25, -0.2) is 4.79 Å². The van der Waals surface area contributed by atoms with Crippen LogP contribution in [-0.2, 0) is 9.47 Å². The first-order valence-corrected chi connectivity index (χ1v) is 5.48. The summed E-state index contributed by atoms with van der Waals surface area (Å²) in [7, 11) is 1.04. The van der Waals surface area contributed by atoms with Gasteiger partial charge in [-0.15, -0.1) is 0 Å². The van der Waals surface area contributed by atoms with Gasteiger partial charge in [-0.05, 0) is 6.04 Å². The lowest BCUT2D eigenvalue weighted by atomic mass is 10.1. The summed E-state index contributed by atoms with van der Waals surface area (Å²) in [6, 6.07) is -1.33. The van der Waals surface area contributed by atoms with Gasteiger partial charge in [-0.1, -0.05) is 0 Å². The fourth-order valence-electron chi connectivity index (χ4n) is 1.75. The van der Waals surface area contributed by atoms with Crippen LogP contribution in [0.3, 0.4) is 0 Å². The molecule has 2 heterocycles. The smallest absolute Gasteiger partial charge is 0.343 e. The average molecular weight is 274 g/mol. The molecular weight excluding hydrogens is 254 g/mol. The van der Waals surface area contributed by atoms with Crippen molar-refractivity contribution in [2.45, 2.75) is 24.5 Å². The largest absolute Gasteiger partial charge is 0.465 e. The number of hydrogen-bond donors (Lipinski definition) is 3. The van der Waals surface area contributed by atoms with E-state index < -0.39 is 67.1 Å². The molecule has 1 saturated heterocycles. The van der Waals surface area contributed by atoms with E-state index in [1.807, 2.05) is 0 Å². The SMILES string of the molecule is [2H]c1c([2H])c([2H])[n+]([C@@H]2O[C@H](CO)[C@@H](O)[C@H]2O)c([2H])c1C(=O)OC. The Labute approximate surface area is 115 Å². The Morgan fingerprint density at radius 3 is 2.89 bits per heavy atom. The number of pyridine rings is 1. The van der Waals surface area contributed by atoms with E-state index in [1.54, 1.807) is 0 Å². The quantitative estimate of drug-likeness (QED) is 0.452. The normalized spacial score (nSPS) is 33.3. The molecule has 0 unspecified atom stereocenters. The van der Waals surface area contributed by atoms with Gasteiger partial charge in [-0.3, -0.25) is 0 Å². The van der Waals surface area contributed by atoms with Crippen LogP contribution < -0.4 is 4.57 Å². The second-order valence-electron chi connectivity index (χ2n) is 3.94. The highest BCUT2D eigenvalue weighted by Crippen LogP contribution is 2.25. The summed E-state index contributed by atoms with van der Waals surface area (Å²) in [6.45, 7) is -0.607. The minimum Gasteiger partial charge on any atom is -0.465 e. The van der Waals surface area contributed by atoms with E-state index in [1.165, 1.54) is 0 Å². The Kier molecular flexibility index (Phi) is 2.77. The Hall–Kier alpha value is -1.54. The molecule has 0 saturated carbocycles. The van der Waals surface area contributed by atoms with E-state index in [-0.39, 0.29) is 0 Å². The summed E-state index contributed by atoms with van der Waals surface area (Å²) in [5.74, 6) is -1.05. The molecule has 0 radical (unpaired) electrons. The number of aliphatic hydroxyl groups excluding tert-OH is 3. The fraction of sp³-hybridized carbons (Fsp3) is 0.500. The number of ether oxygens (including phenoxy) is 2. The Bertz CT molecular complexity index is 643. The molecule has 0 amide bonds. The third-order valence-electron chi connectivity index (χ3n) is 2.76. The molecule has 2 rings (SSSR count). The second kappa shape index (κ2) is 5.62. The van der Waals surface area contributed by atoms with Crippen LogP contribution in [0.15, 0.2) is 24.4 Å². The van der Waals surface area contributed by atoms with Crippen molar-refractivity contribution >= 4 is 5.97 Å². The standard InChI is InChI=1S/C12H16NO6/c1-18-12(17)7-3-2-4-13(5-7)11-10(16)9(15)8(6-14)19-11/h2-5,8-11,14-16H,6H2,1H3/q+1/t8-,9-,10-,11-/m1/s1/i2D,3D,4D,5D. The first kappa shape index (κ1) is 9.38. The highest BCUT2D eigenvalue weighted by molar-refractivity contribution is 5.88. The summed E-state index contributed by atoms with van der Waals surface area (Å²) >= 11 is 0. The number of carbonyl (C=O) groups is 1. The van der Waals surface area contributed by atoms with Crippen LogP contribution in [0.5, 0.6) is 0 Å². The first-order valence-electron chi connectivity index (χ1n) is 7.48. The summed E-state index contributed by atoms with van der Waals surface area (Å²) in [4.78, 5) is 11.7. The molecule has 4 atom stereocenters. The number of rotatable bonds is 3. The predicted molar refractivity (Wildman–Crippen MR) is 61.0 cm³/mol. The number of nitrogens with zero attached hydrogens (tertiary/aromatic N) is 1. The van der Waals surface area contributed by atoms with Crippen molar-refractivity contribution in [2.75, 3.05) is 13.7 Å². The topological polar surface area (TPSA) is 100 Å². The monoisotopic (exact) mass is 274 g/mol. The van der Waals surface area contributed by atoms with Gasteiger partial charge in [0.05, 0.1) is 16.5 Å². The molecule has 1 aromatic heterocycles. The molecule has 19 heavy (non-hydrogen) atoms. The Morgan fingerprint density at radius 2 is 2.32 bits per heavy atom. The maximum atomic E-state index is 11.7. The van der Waals surface area contributed by atoms with Crippen LogP contribution in [0, 0.1) is 0 Å². The molecule has 0 bridgehead atoms. The molecule has 0 aliphatic carbocycles. The van der Waals surface area contributed by atoms with E-state index in [9.17, 15) is 15.0 Å². The minimum absolute atomic E-state index is 0.564. The van der Waals surface area contributed by atoms with Gasteiger partial charge < -0.3 is 24.8 Å². The third kappa shape index (κ3) is 2.59. The van der Waals surface area contributed by atoms with Gasteiger partial charge in [0.15, 0.2) is 18.4 Å². The minimum atomic E-state index is -1.59. The number of aromatic nitrogens is 1. The highest BCUT2D eigenvalue weighted by Gasteiger charge is 2.47. The van der Waals surface area contributed by atoms with Crippen LogP contribution in [0.25, 0.3) is 0 Å². The molecule has 7 heteroatoms. The van der Waals surface area contributed by atoms with Crippen molar-refractivity contribution in [2.24, 2.45) is 0 Å². The van der Waals surface area contributed by atoms with Gasteiger partial charge in [0, 0.05) is 6.04 Å². The second-order valence-corrected chi connectivity index (χ2v) is 3.94. The maximum absolute atomic E-state index is 11.7. The number of esters is 1.